The minimum atomic E-state index is -2.04. The second-order valence-electron chi connectivity index (χ2n) is 2.86. The third-order valence-electron chi connectivity index (χ3n) is 1.68. The summed E-state index contributed by atoms with van der Waals surface area (Å²) in [7, 11) is 0. The zero-order valence-corrected chi connectivity index (χ0v) is 13.5. The first-order chi connectivity index (χ1) is 7.00. The maximum absolute atomic E-state index is 10.6. The zero-order chi connectivity index (χ0) is 11.4. The predicted molar refractivity (Wildman–Crippen MR) is 46.2 cm³/mol. The monoisotopic (exact) mass is 399 g/mol. The average Bonchev–Trinajstić information content (AvgIpc) is 2.16. The summed E-state index contributed by atoms with van der Waals surface area (Å²) in [5.74, 6) is -0.743. The van der Waals surface area contributed by atoms with E-state index in [2.05, 4.69) is 0 Å². The quantitative estimate of drug-likeness (QED) is 0.455. The van der Waals surface area contributed by atoms with E-state index >= 15 is 0 Å². The van der Waals surface area contributed by atoms with Gasteiger partial charge in [0, 0.05) is 0 Å². The van der Waals surface area contributed by atoms with E-state index in [0.29, 0.717) is 3.07 Å². The van der Waals surface area contributed by atoms with Crippen molar-refractivity contribution in [3.05, 3.63) is 28.3 Å². The average molecular weight is 398 g/mol. The molecule has 0 unspecified atom stereocenters. The van der Waals surface area contributed by atoms with Gasteiger partial charge in [0.25, 0.3) is 0 Å². The van der Waals surface area contributed by atoms with Gasteiger partial charge < -0.3 is 0 Å². The Hall–Kier alpha value is -1.17. The molecule has 76 valence electrons. The molecule has 0 aromatic heterocycles. The molecule has 0 aliphatic rings. The van der Waals surface area contributed by atoms with E-state index in [1.165, 1.54) is 19.1 Å². The Morgan fingerprint density at radius 2 is 2.27 bits per heavy atom. The van der Waals surface area contributed by atoms with E-state index in [-0.39, 0.29) is 17.4 Å². The number of nitro groups is 1. The van der Waals surface area contributed by atoms with Crippen LogP contribution >= 0.6 is 0 Å². The van der Waals surface area contributed by atoms with Gasteiger partial charge in [-0.2, -0.15) is 0 Å². The van der Waals surface area contributed by atoms with Crippen LogP contribution in [0.5, 0.6) is 5.75 Å². The molecule has 1 N–H and O–H groups in total. The molecule has 0 aliphatic heterocycles. The summed E-state index contributed by atoms with van der Waals surface area (Å²) >= 11 is -2.04. The van der Waals surface area contributed by atoms with E-state index in [0.717, 1.165) is 0 Å². The number of aromatic hydroxyl groups is 1. The van der Waals surface area contributed by atoms with Gasteiger partial charge in [-0.05, 0) is 0 Å². The molecule has 0 amide bonds. The van der Waals surface area contributed by atoms with Gasteiger partial charge >= 0.3 is 98.2 Å². The summed E-state index contributed by atoms with van der Waals surface area (Å²) in [6.45, 7) is 1.30. The molecule has 15 heavy (non-hydrogen) atoms. The number of phenols is 1. The number of nitrogens with zero attached hydrogens (tertiary/aromatic N) is 1. The maximum atomic E-state index is 10.6. The Bertz CT molecular complexity index is 406. The number of hydrogen-bond donors (Lipinski definition) is 1. The van der Waals surface area contributed by atoms with Gasteiger partial charge in [0.05, 0.1) is 0 Å². The van der Waals surface area contributed by atoms with Crippen molar-refractivity contribution in [1.29, 1.82) is 0 Å². The van der Waals surface area contributed by atoms with Crippen molar-refractivity contribution in [1.82, 2.24) is 0 Å². The first-order valence-corrected chi connectivity index (χ1v) is 9.09. The minimum absolute atomic E-state index is 0.348. The Balaban J connectivity index is 2.87. The van der Waals surface area contributed by atoms with E-state index in [1.807, 2.05) is 0 Å². The second kappa shape index (κ2) is 5.06. The van der Waals surface area contributed by atoms with Gasteiger partial charge in [0.2, 0.25) is 0 Å². The van der Waals surface area contributed by atoms with Crippen molar-refractivity contribution in [3.8, 4) is 5.75 Å². The number of carbonyl (C=O) groups excluding carboxylic acids is 1. The molecule has 6 nitrogen and oxygen atoms in total. The van der Waals surface area contributed by atoms with Crippen LogP contribution in [0.15, 0.2) is 18.2 Å². The molecule has 0 fully saturated rings. The molecule has 1 rings (SSSR count). The number of rotatable bonds is 3. The first kappa shape index (κ1) is 11.9. The van der Waals surface area contributed by atoms with Crippen LogP contribution in [0, 0.1) is 10.1 Å². The number of phenolic OH excluding ortho intramolecular Hbond substituents is 1. The Labute approximate surface area is 98.1 Å². The molecule has 0 saturated carbocycles. The summed E-state index contributed by atoms with van der Waals surface area (Å²) in [5.41, 5.74) is -0.348. The van der Waals surface area contributed by atoms with Gasteiger partial charge in [0.15, 0.2) is 0 Å². The molecule has 7 heteroatoms. The number of benzene rings is 1. The van der Waals surface area contributed by atoms with Crippen LogP contribution in [0.3, 0.4) is 0 Å². The van der Waals surface area contributed by atoms with Gasteiger partial charge in [-0.3, -0.25) is 0 Å². The third kappa shape index (κ3) is 3.47. The molecule has 0 aliphatic carbocycles. The van der Waals surface area contributed by atoms with E-state index in [1.54, 1.807) is 6.07 Å². The Morgan fingerprint density at radius 3 is 2.80 bits per heavy atom. The number of nitro benzene ring substituents is 1. The van der Waals surface area contributed by atoms with Crippen LogP contribution in [-0.4, -0.2) is 16.0 Å². The fourth-order valence-corrected chi connectivity index (χ4v) is 4.34. The van der Waals surface area contributed by atoms with Crippen molar-refractivity contribution >= 4 is 14.7 Å². The molecule has 0 heterocycles. The fourth-order valence-electron chi connectivity index (χ4n) is 0.990. The molecule has 1 aromatic carbocycles. The molecule has 0 spiro atoms. The Kier molecular flexibility index (Phi) is 4.01. The van der Waals surface area contributed by atoms with Crippen molar-refractivity contribution in [2.75, 3.05) is 0 Å². The van der Waals surface area contributed by atoms with Gasteiger partial charge in [-0.25, -0.2) is 0 Å². The summed E-state index contributed by atoms with van der Waals surface area (Å²) < 4.78 is 5.56. The van der Waals surface area contributed by atoms with Crippen molar-refractivity contribution < 1.29 is 42.5 Å². The van der Waals surface area contributed by atoms with Crippen molar-refractivity contribution in [2.24, 2.45) is 0 Å². The summed E-state index contributed by atoms with van der Waals surface area (Å²) in [5, 5.41) is 19.6. The van der Waals surface area contributed by atoms with Crippen LogP contribution in [0.4, 0.5) is 5.69 Å². The normalized spacial score (nSPS) is 9.13. The van der Waals surface area contributed by atoms with Crippen LogP contribution in [0.1, 0.15) is 6.92 Å². The molecule has 0 bridgehead atoms. The summed E-state index contributed by atoms with van der Waals surface area (Å²) in [6, 6.07) is 4.06. The number of hydrogen-bond acceptors (Lipinski definition) is 5. The Morgan fingerprint density at radius 1 is 1.60 bits per heavy atom. The van der Waals surface area contributed by atoms with Crippen molar-refractivity contribution in [2.45, 2.75) is 6.92 Å². The van der Waals surface area contributed by atoms with Crippen LogP contribution in [-0.2, 0) is 32.5 Å². The molecule has 0 radical (unpaired) electrons. The van der Waals surface area contributed by atoms with Gasteiger partial charge in [-0.1, -0.05) is 0 Å². The molecule has 0 saturated heterocycles. The SMILES string of the molecule is CC(=O)[O][Hg][c]1ccc(O)c([N+](=O)[O-])c1. The molecular formula is C8H7HgNO5. The van der Waals surface area contributed by atoms with E-state index < -0.39 is 30.0 Å². The first-order valence-electron chi connectivity index (χ1n) is 4.10. The summed E-state index contributed by atoms with van der Waals surface area (Å²) in [6.07, 6.45) is 0. The zero-order valence-electron chi connectivity index (χ0n) is 7.97. The third-order valence-corrected chi connectivity index (χ3v) is 6.83. The standard InChI is InChI=1S/C6H4NO3.C2H4O2.Hg/c8-6-4-2-1-3-5(6)7(9)10;1-2(3)4;/h2-4,8H;1H3,(H,3,4);/q;;+1/p-1. The van der Waals surface area contributed by atoms with Crippen LogP contribution in [0.25, 0.3) is 0 Å². The van der Waals surface area contributed by atoms with E-state index in [9.17, 15) is 14.9 Å². The van der Waals surface area contributed by atoms with Crippen LogP contribution in [0.2, 0.25) is 0 Å². The molecular weight excluding hydrogens is 391 g/mol. The van der Waals surface area contributed by atoms with Crippen LogP contribution < -0.4 is 3.07 Å². The molecule has 1 aromatic rings. The van der Waals surface area contributed by atoms with Gasteiger partial charge in [0.1, 0.15) is 0 Å². The topological polar surface area (TPSA) is 89.7 Å². The number of carbonyl (C=O) groups is 1. The predicted octanol–water partition coefficient (Wildman–Crippen LogP) is 0.486. The van der Waals surface area contributed by atoms with E-state index in [4.69, 9.17) is 7.75 Å². The fraction of sp³-hybridized carbons (Fsp3) is 0.125. The molecule has 0 atom stereocenters. The van der Waals surface area contributed by atoms with Crippen molar-refractivity contribution in [3.63, 3.8) is 0 Å². The second-order valence-corrected chi connectivity index (χ2v) is 8.28. The van der Waals surface area contributed by atoms with Gasteiger partial charge in [-0.15, -0.1) is 0 Å². The summed E-state index contributed by atoms with van der Waals surface area (Å²) in [4.78, 5) is 20.4.